The molecule has 150 valence electrons. The minimum atomic E-state index is -1.14. The third kappa shape index (κ3) is 4.34. The van der Waals surface area contributed by atoms with Crippen molar-refractivity contribution in [3.8, 4) is 0 Å². The fraction of sp³-hybridized carbons (Fsp3) is 0.273. The van der Waals surface area contributed by atoms with Crippen LogP contribution >= 0.6 is 0 Å². The lowest BCUT2D eigenvalue weighted by Gasteiger charge is -2.22. The number of nitrogens with one attached hydrogen (secondary N) is 1. The first-order valence-electron chi connectivity index (χ1n) is 9.39. The van der Waals surface area contributed by atoms with E-state index >= 15 is 0 Å². The highest BCUT2D eigenvalue weighted by atomic mass is 16.5. The number of carbonyl (C=O) groups is 4. The average molecular weight is 394 g/mol. The Kier molecular flexibility index (Phi) is 6.07. The summed E-state index contributed by atoms with van der Waals surface area (Å²) in [5.41, 5.74) is 1.59. The van der Waals surface area contributed by atoms with E-state index < -0.39 is 35.8 Å². The first kappa shape index (κ1) is 20.3. The molecule has 1 N–H and O–H groups in total. The van der Waals surface area contributed by atoms with Crippen molar-refractivity contribution in [2.45, 2.75) is 32.4 Å². The second-order valence-electron chi connectivity index (χ2n) is 6.81. The lowest BCUT2D eigenvalue weighted by atomic mass is 10.1. The molecule has 29 heavy (non-hydrogen) atoms. The van der Waals surface area contributed by atoms with Gasteiger partial charge in [-0.2, -0.15) is 0 Å². The predicted molar refractivity (Wildman–Crippen MR) is 105 cm³/mol. The van der Waals surface area contributed by atoms with Gasteiger partial charge in [-0.25, -0.2) is 4.79 Å². The van der Waals surface area contributed by atoms with Gasteiger partial charge in [-0.05, 0) is 38.0 Å². The van der Waals surface area contributed by atoms with Crippen LogP contribution in [-0.4, -0.2) is 47.3 Å². The maximum Gasteiger partial charge on any atom is 0.329 e. The maximum absolute atomic E-state index is 12.5. The van der Waals surface area contributed by atoms with E-state index in [9.17, 15) is 19.2 Å². The molecule has 1 heterocycles. The normalized spacial score (nSPS) is 14.9. The number of hydrogen-bond donors (Lipinski definition) is 1. The molecule has 2 unspecified atom stereocenters. The standard InChI is InChI=1S/C22H22N2O5/c1-14(24-20(26)17-10-6-7-11-18(17)21(24)27)22(28)29-15(2)19(25)23-13-12-16-8-4-3-5-9-16/h3-11,14-15H,12-13H2,1-2H3,(H,23,25). The molecule has 2 atom stereocenters. The molecule has 2 aromatic rings. The van der Waals surface area contributed by atoms with Crippen molar-refractivity contribution in [1.29, 1.82) is 0 Å². The predicted octanol–water partition coefficient (Wildman–Crippen LogP) is 1.96. The Labute approximate surface area is 168 Å². The zero-order chi connectivity index (χ0) is 21.0. The lowest BCUT2D eigenvalue weighted by Crippen LogP contribution is -2.46. The minimum absolute atomic E-state index is 0.254. The summed E-state index contributed by atoms with van der Waals surface area (Å²) in [5, 5.41) is 2.71. The highest BCUT2D eigenvalue weighted by Crippen LogP contribution is 2.24. The van der Waals surface area contributed by atoms with Crippen LogP contribution in [0.15, 0.2) is 54.6 Å². The van der Waals surface area contributed by atoms with E-state index in [2.05, 4.69) is 5.32 Å². The average Bonchev–Trinajstić information content (AvgIpc) is 2.98. The molecule has 3 amide bonds. The monoisotopic (exact) mass is 394 g/mol. The van der Waals surface area contributed by atoms with Crippen molar-refractivity contribution >= 4 is 23.7 Å². The Balaban J connectivity index is 1.53. The summed E-state index contributed by atoms with van der Waals surface area (Å²) in [5.74, 6) is -2.35. The number of benzene rings is 2. The fourth-order valence-electron chi connectivity index (χ4n) is 3.11. The van der Waals surface area contributed by atoms with Gasteiger partial charge >= 0.3 is 5.97 Å². The SMILES string of the molecule is CC(OC(=O)C(C)N1C(=O)c2ccccc2C1=O)C(=O)NCCc1ccccc1. The molecule has 0 bridgehead atoms. The number of ether oxygens (including phenoxy) is 1. The highest BCUT2D eigenvalue weighted by molar-refractivity contribution is 6.22. The quantitative estimate of drug-likeness (QED) is 0.572. The van der Waals surface area contributed by atoms with Gasteiger partial charge in [0.1, 0.15) is 6.04 Å². The Bertz CT molecular complexity index is 906. The summed E-state index contributed by atoms with van der Waals surface area (Å²) < 4.78 is 5.19. The van der Waals surface area contributed by atoms with E-state index in [1.54, 1.807) is 12.1 Å². The van der Waals surface area contributed by atoms with Crippen LogP contribution in [0.4, 0.5) is 0 Å². The van der Waals surface area contributed by atoms with Crippen LogP contribution in [0.3, 0.4) is 0 Å². The van der Waals surface area contributed by atoms with E-state index in [0.717, 1.165) is 10.5 Å². The van der Waals surface area contributed by atoms with Gasteiger partial charge in [-0.1, -0.05) is 42.5 Å². The Morgan fingerprint density at radius 2 is 1.48 bits per heavy atom. The van der Waals surface area contributed by atoms with Crippen molar-refractivity contribution in [1.82, 2.24) is 10.2 Å². The Morgan fingerprint density at radius 3 is 2.07 bits per heavy atom. The smallest absolute Gasteiger partial charge is 0.329 e. The molecule has 0 saturated heterocycles. The van der Waals surface area contributed by atoms with Crippen LogP contribution in [0, 0.1) is 0 Å². The lowest BCUT2D eigenvalue weighted by molar-refractivity contribution is -0.158. The molecular formula is C22H22N2O5. The van der Waals surface area contributed by atoms with Gasteiger partial charge in [0.05, 0.1) is 11.1 Å². The zero-order valence-electron chi connectivity index (χ0n) is 16.3. The number of rotatable bonds is 7. The molecule has 2 aromatic carbocycles. The third-order valence-electron chi connectivity index (χ3n) is 4.77. The van der Waals surface area contributed by atoms with E-state index in [1.165, 1.54) is 26.0 Å². The van der Waals surface area contributed by atoms with Crippen molar-refractivity contribution in [2.24, 2.45) is 0 Å². The molecule has 1 aliphatic heterocycles. The molecule has 0 saturated carbocycles. The van der Waals surface area contributed by atoms with Gasteiger partial charge in [-0.3, -0.25) is 19.3 Å². The van der Waals surface area contributed by atoms with E-state index in [1.807, 2.05) is 30.3 Å². The molecule has 3 rings (SSSR count). The van der Waals surface area contributed by atoms with Crippen LogP contribution in [0.2, 0.25) is 0 Å². The Hall–Kier alpha value is -3.48. The summed E-state index contributed by atoms with van der Waals surface area (Å²) in [7, 11) is 0. The molecule has 0 aromatic heterocycles. The second-order valence-corrected chi connectivity index (χ2v) is 6.81. The van der Waals surface area contributed by atoms with Crippen molar-refractivity contribution < 1.29 is 23.9 Å². The number of esters is 1. The van der Waals surface area contributed by atoms with Crippen LogP contribution in [-0.2, 0) is 20.7 Å². The summed E-state index contributed by atoms with van der Waals surface area (Å²) in [4.78, 5) is 50.4. The highest BCUT2D eigenvalue weighted by Gasteiger charge is 2.41. The zero-order valence-corrected chi connectivity index (χ0v) is 16.3. The number of hydrogen-bond acceptors (Lipinski definition) is 5. The molecular weight excluding hydrogens is 372 g/mol. The summed E-state index contributed by atoms with van der Waals surface area (Å²) in [6.45, 7) is 3.26. The molecule has 7 nitrogen and oxygen atoms in total. The number of amides is 3. The van der Waals surface area contributed by atoms with Crippen LogP contribution in [0.25, 0.3) is 0 Å². The second kappa shape index (κ2) is 8.68. The minimum Gasteiger partial charge on any atom is -0.451 e. The van der Waals surface area contributed by atoms with Gasteiger partial charge < -0.3 is 10.1 Å². The summed E-state index contributed by atoms with van der Waals surface area (Å²) >= 11 is 0. The van der Waals surface area contributed by atoms with Gasteiger partial charge in [-0.15, -0.1) is 0 Å². The van der Waals surface area contributed by atoms with Crippen LogP contribution in [0.5, 0.6) is 0 Å². The first-order valence-corrected chi connectivity index (χ1v) is 9.39. The van der Waals surface area contributed by atoms with Gasteiger partial charge in [0.25, 0.3) is 17.7 Å². The van der Waals surface area contributed by atoms with Gasteiger partial charge in [0.2, 0.25) is 0 Å². The van der Waals surface area contributed by atoms with E-state index in [4.69, 9.17) is 4.74 Å². The molecule has 7 heteroatoms. The van der Waals surface area contributed by atoms with Gasteiger partial charge in [0, 0.05) is 6.54 Å². The molecule has 0 spiro atoms. The van der Waals surface area contributed by atoms with Crippen molar-refractivity contribution in [3.63, 3.8) is 0 Å². The summed E-state index contributed by atoms with van der Waals surface area (Å²) in [6, 6.07) is 14.9. The van der Waals surface area contributed by atoms with Crippen LogP contribution in [0.1, 0.15) is 40.1 Å². The van der Waals surface area contributed by atoms with Gasteiger partial charge in [0.15, 0.2) is 6.10 Å². The molecule has 0 fully saturated rings. The summed E-state index contributed by atoms with van der Waals surface area (Å²) in [6.07, 6.45) is -0.394. The first-order chi connectivity index (χ1) is 13.9. The molecule has 0 aliphatic carbocycles. The third-order valence-corrected chi connectivity index (χ3v) is 4.77. The fourth-order valence-corrected chi connectivity index (χ4v) is 3.11. The van der Waals surface area contributed by atoms with E-state index in [0.29, 0.717) is 13.0 Å². The largest absolute Gasteiger partial charge is 0.451 e. The Morgan fingerprint density at radius 1 is 0.931 bits per heavy atom. The van der Waals surface area contributed by atoms with E-state index in [-0.39, 0.29) is 11.1 Å². The molecule has 1 aliphatic rings. The number of fused-ring (bicyclic) bond motifs is 1. The van der Waals surface area contributed by atoms with Crippen molar-refractivity contribution in [3.05, 3.63) is 71.3 Å². The molecule has 0 radical (unpaired) electrons. The van der Waals surface area contributed by atoms with Crippen molar-refractivity contribution in [2.75, 3.05) is 6.54 Å². The maximum atomic E-state index is 12.5. The number of nitrogens with zero attached hydrogens (tertiary/aromatic N) is 1. The topological polar surface area (TPSA) is 92.8 Å². The number of imide groups is 1. The number of carbonyl (C=O) groups excluding carboxylic acids is 4. The van der Waals surface area contributed by atoms with Crippen LogP contribution < -0.4 is 5.32 Å².